The molecule has 0 saturated heterocycles. The average Bonchev–Trinajstić information content (AvgIpc) is 2.71. The Hall–Kier alpha value is -2.04. The van der Waals surface area contributed by atoms with Crippen molar-refractivity contribution < 1.29 is 23.8 Å². The number of esters is 2. The summed E-state index contributed by atoms with van der Waals surface area (Å²) in [6.45, 7) is 2.06. The number of carbonyl (C=O) groups is 2. The highest BCUT2D eigenvalue weighted by Gasteiger charge is 2.37. The summed E-state index contributed by atoms with van der Waals surface area (Å²) in [7, 11) is 2.97. The van der Waals surface area contributed by atoms with Gasteiger partial charge in [0, 0.05) is 11.6 Å². The van der Waals surface area contributed by atoms with Gasteiger partial charge in [0.25, 0.3) is 0 Å². The molecule has 0 spiro atoms. The number of ether oxygens (including phenoxy) is 3. The molecule has 0 bridgehead atoms. The number of hydrogen-bond acceptors (Lipinski definition) is 5. The summed E-state index contributed by atoms with van der Waals surface area (Å²) in [4.78, 5) is 23.6. The second-order valence-corrected chi connectivity index (χ2v) is 4.29. The molecule has 19 heavy (non-hydrogen) atoms. The van der Waals surface area contributed by atoms with Crippen molar-refractivity contribution in [3.8, 4) is 11.5 Å². The Bertz CT molecular complexity index is 533. The first-order valence-electron chi connectivity index (χ1n) is 6.18. The van der Waals surface area contributed by atoms with Crippen LogP contribution in [0.5, 0.6) is 11.5 Å². The van der Waals surface area contributed by atoms with E-state index in [0.717, 1.165) is 18.4 Å². The largest absolute Gasteiger partial charge is 0.496 e. The van der Waals surface area contributed by atoms with Crippen molar-refractivity contribution in [1.29, 1.82) is 0 Å². The third-order valence-electron chi connectivity index (χ3n) is 3.17. The van der Waals surface area contributed by atoms with E-state index in [0.29, 0.717) is 17.9 Å². The van der Waals surface area contributed by atoms with Crippen LogP contribution < -0.4 is 9.47 Å². The molecule has 1 aliphatic rings. The van der Waals surface area contributed by atoms with Gasteiger partial charge < -0.3 is 14.2 Å². The number of methoxy groups -OCH3 is 2. The smallest absolute Gasteiger partial charge is 0.350 e. The van der Waals surface area contributed by atoms with E-state index in [4.69, 9.17) is 9.47 Å². The quantitative estimate of drug-likeness (QED) is 0.603. The third kappa shape index (κ3) is 2.16. The first kappa shape index (κ1) is 13.4. The second kappa shape index (κ2) is 5.30. The predicted octanol–water partition coefficient (Wildman–Crippen LogP) is 2.36. The van der Waals surface area contributed by atoms with Gasteiger partial charge in [0.1, 0.15) is 17.1 Å². The number of unbranched alkanes of at least 4 members (excludes halogenated alkanes) is 1. The molecule has 1 heterocycles. The fourth-order valence-electron chi connectivity index (χ4n) is 2.23. The summed E-state index contributed by atoms with van der Waals surface area (Å²) in [5.41, 5.74) is 1.21. The van der Waals surface area contributed by atoms with E-state index in [-0.39, 0.29) is 11.1 Å². The minimum Gasteiger partial charge on any atom is -0.496 e. The summed E-state index contributed by atoms with van der Waals surface area (Å²) in [6, 6.07) is 1.63. The minimum atomic E-state index is -0.655. The number of cyclic esters (lactones) is 2. The monoisotopic (exact) mass is 264 g/mol. The van der Waals surface area contributed by atoms with Gasteiger partial charge in [-0.15, -0.1) is 0 Å². The van der Waals surface area contributed by atoms with Gasteiger partial charge in [0.15, 0.2) is 0 Å². The summed E-state index contributed by atoms with van der Waals surface area (Å²) in [5, 5.41) is 0. The van der Waals surface area contributed by atoms with Crippen LogP contribution >= 0.6 is 0 Å². The Balaban J connectivity index is 2.65. The predicted molar refractivity (Wildman–Crippen MR) is 67.9 cm³/mol. The minimum absolute atomic E-state index is 0.208. The standard InChI is InChI=1S/C14H16O5/c1-4-5-6-8-9(17-2)7-10(18-3)12-11(8)13(15)19-14(12)16/h7H,4-6H2,1-3H3. The fraction of sp³-hybridized carbons (Fsp3) is 0.429. The van der Waals surface area contributed by atoms with Crippen LogP contribution in [0.15, 0.2) is 6.07 Å². The van der Waals surface area contributed by atoms with Crippen LogP contribution in [0.2, 0.25) is 0 Å². The van der Waals surface area contributed by atoms with Crippen molar-refractivity contribution >= 4 is 11.9 Å². The van der Waals surface area contributed by atoms with Gasteiger partial charge in [-0.2, -0.15) is 0 Å². The van der Waals surface area contributed by atoms with Crippen molar-refractivity contribution in [1.82, 2.24) is 0 Å². The molecule has 0 unspecified atom stereocenters. The first-order valence-corrected chi connectivity index (χ1v) is 6.18. The van der Waals surface area contributed by atoms with Crippen LogP contribution in [0, 0.1) is 0 Å². The molecule has 5 nitrogen and oxygen atoms in total. The Labute approximate surface area is 111 Å². The molecule has 0 atom stereocenters. The fourth-order valence-corrected chi connectivity index (χ4v) is 2.23. The van der Waals surface area contributed by atoms with Gasteiger partial charge in [0.05, 0.1) is 19.8 Å². The Morgan fingerprint density at radius 2 is 1.68 bits per heavy atom. The zero-order chi connectivity index (χ0) is 14.0. The van der Waals surface area contributed by atoms with Crippen molar-refractivity contribution in [2.45, 2.75) is 26.2 Å². The third-order valence-corrected chi connectivity index (χ3v) is 3.17. The molecule has 0 amide bonds. The van der Waals surface area contributed by atoms with Crippen LogP contribution in [-0.4, -0.2) is 26.2 Å². The lowest BCUT2D eigenvalue weighted by atomic mass is 9.96. The van der Waals surface area contributed by atoms with E-state index in [1.165, 1.54) is 14.2 Å². The van der Waals surface area contributed by atoms with Gasteiger partial charge >= 0.3 is 11.9 Å². The van der Waals surface area contributed by atoms with Crippen LogP contribution in [0.1, 0.15) is 46.0 Å². The van der Waals surface area contributed by atoms with E-state index >= 15 is 0 Å². The summed E-state index contributed by atoms with van der Waals surface area (Å²) in [6.07, 6.45) is 2.54. The van der Waals surface area contributed by atoms with Crippen LogP contribution in [0.25, 0.3) is 0 Å². The summed E-state index contributed by atoms with van der Waals surface area (Å²) < 4.78 is 15.1. The maximum Gasteiger partial charge on any atom is 0.350 e. The number of fused-ring (bicyclic) bond motifs is 1. The lowest BCUT2D eigenvalue weighted by molar-refractivity contribution is 0.0442. The highest BCUT2D eigenvalue weighted by molar-refractivity contribution is 6.17. The van der Waals surface area contributed by atoms with Gasteiger partial charge in [-0.25, -0.2) is 9.59 Å². The number of carbonyl (C=O) groups excluding carboxylic acids is 2. The highest BCUT2D eigenvalue weighted by Crippen LogP contribution is 2.38. The molecule has 0 saturated carbocycles. The molecule has 1 aliphatic heterocycles. The van der Waals surface area contributed by atoms with Gasteiger partial charge in [0.2, 0.25) is 0 Å². The molecule has 0 aliphatic carbocycles. The number of hydrogen-bond donors (Lipinski definition) is 0. The molecular formula is C14H16O5. The van der Waals surface area contributed by atoms with Crippen LogP contribution in [0.3, 0.4) is 0 Å². The zero-order valence-electron chi connectivity index (χ0n) is 11.2. The molecule has 0 radical (unpaired) electrons. The SMILES string of the molecule is CCCCc1c(OC)cc(OC)c2c1C(=O)OC2=O. The molecule has 1 aromatic rings. The van der Waals surface area contributed by atoms with Crippen LogP contribution in [0.4, 0.5) is 0 Å². The van der Waals surface area contributed by atoms with Crippen molar-refractivity contribution in [2.75, 3.05) is 14.2 Å². The maximum absolute atomic E-state index is 11.8. The van der Waals surface area contributed by atoms with Gasteiger partial charge in [-0.3, -0.25) is 0 Å². The van der Waals surface area contributed by atoms with Crippen LogP contribution in [-0.2, 0) is 11.2 Å². The summed E-state index contributed by atoms with van der Waals surface area (Å²) >= 11 is 0. The zero-order valence-corrected chi connectivity index (χ0v) is 11.2. The van der Waals surface area contributed by atoms with Crippen molar-refractivity contribution in [3.05, 3.63) is 22.8 Å². The summed E-state index contributed by atoms with van der Waals surface area (Å²) in [5.74, 6) is -0.417. The average molecular weight is 264 g/mol. The Morgan fingerprint density at radius 1 is 1.05 bits per heavy atom. The van der Waals surface area contributed by atoms with E-state index in [1.54, 1.807) is 6.07 Å². The lowest BCUT2D eigenvalue weighted by Crippen LogP contribution is -2.05. The highest BCUT2D eigenvalue weighted by atomic mass is 16.6. The molecule has 102 valence electrons. The Morgan fingerprint density at radius 3 is 2.26 bits per heavy atom. The van der Waals surface area contributed by atoms with E-state index in [1.807, 2.05) is 0 Å². The molecular weight excluding hydrogens is 248 g/mol. The van der Waals surface area contributed by atoms with Crippen molar-refractivity contribution in [2.24, 2.45) is 0 Å². The van der Waals surface area contributed by atoms with E-state index in [9.17, 15) is 9.59 Å². The molecule has 0 N–H and O–H groups in total. The maximum atomic E-state index is 11.8. The molecule has 0 fully saturated rings. The first-order chi connectivity index (χ1) is 9.13. The topological polar surface area (TPSA) is 61.8 Å². The Kier molecular flexibility index (Phi) is 3.74. The number of benzene rings is 1. The molecule has 2 rings (SSSR count). The number of rotatable bonds is 5. The molecule has 5 heteroatoms. The second-order valence-electron chi connectivity index (χ2n) is 4.29. The molecule has 1 aromatic carbocycles. The lowest BCUT2D eigenvalue weighted by Gasteiger charge is -2.13. The van der Waals surface area contributed by atoms with E-state index < -0.39 is 11.9 Å². The van der Waals surface area contributed by atoms with Gasteiger partial charge in [-0.05, 0) is 12.8 Å². The van der Waals surface area contributed by atoms with E-state index in [2.05, 4.69) is 11.7 Å². The van der Waals surface area contributed by atoms with Gasteiger partial charge in [-0.1, -0.05) is 13.3 Å². The molecule has 0 aromatic heterocycles. The normalized spacial score (nSPS) is 13.2. The van der Waals surface area contributed by atoms with Crippen molar-refractivity contribution in [3.63, 3.8) is 0 Å².